The lowest BCUT2D eigenvalue weighted by Gasteiger charge is -2.22. The zero-order valence-corrected chi connectivity index (χ0v) is 14.5. The van der Waals surface area contributed by atoms with E-state index in [1.54, 1.807) is 0 Å². The lowest BCUT2D eigenvalue weighted by Crippen LogP contribution is -2.43. The van der Waals surface area contributed by atoms with Crippen molar-refractivity contribution in [2.45, 2.75) is 19.4 Å². The Morgan fingerprint density at radius 2 is 2.30 bits per heavy atom. The number of rotatable bonds is 4. The number of amides is 1. The van der Waals surface area contributed by atoms with Crippen LogP contribution >= 0.6 is 23.7 Å². The van der Waals surface area contributed by atoms with E-state index in [2.05, 4.69) is 28.6 Å². The maximum atomic E-state index is 12.1. The number of nitrogens with one attached hydrogen (secondary N) is 2. The summed E-state index contributed by atoms with van der Waals surface area (Å²) in [6, 6.07) is 8.19. The molecule has 124 valence electrons. The van der Waals surface area contributed by atoms with E-state index < -0.39 is 0 Å². The molecule has 3 rings (SSSR count). The van der Waals surface area contributed by atoms with Crippen LogP contribution < -0.4 is 10.6 Å². The van der Waals surface area contributed by atoms with E-state index in [-0.39, 0.29) is 24.4 Å². The van der Waals surface area contributed by atoms with Gasteiger partial charge in [0.05, 0.1) is 18.9 Å². The highest BCUT2D eigenvalue weighted by Gasteiger charge is 2.17. The Balaban J connectivity index is 0.00000192. The number of aromatic nitrogens is 1. The van der Waals surface area contributed by atoms with Gasteiger partial charge in [-0.25, -0.2) is 4.98 Å². The Hall–Kier alpha value is -1.47. The number of carbonyl (C=O) groups is 1. The fourth-order valence-electron chi connectivity index (χ4n) is 2.46. The second-order valence-electron chi connectivity index (χ2n) is 5.33. The normalized spacial score (nSPS) is 17.3. The summed E-state index contributed by atoms with van der Waals surface area (Å²) >= 11 is 1.45. The van der Waals surface area contributed by atoms with E-state index in [0.29, 0.717) is 24.8 Å². The second kappa shape index (κ2) is 8.40. The Kier molecular flexibility index (Phi) is 6.53. The van der Waals surface area contributed by atoms with Crippen molar-refractivity contribution in [2.24, 2.45) is 0 Å². The molecular weight excluding hydrogens is 334 g/mol. The van der Waals surface area contributed by atoms with Gasteiger partial charge in [0.2, 0.25) is 5.91 Å². The Morgan fingerprint density at radius 3 is 3.04 bits per heavy atom. The number of hydrogen-bond donors (Lipinski definition) is 2. The molecule has 1 fully saturated rings. The molecule has 1 aliphatic heterocycles. The van der Waals surface area contributed by atoms with Crippen LogP contribution in [-0.2, 0) is 9.53 Å². The third kappa shape index (κ3) is 4.75. The maximum Gasteiger partial charge on any atom is 0.227 e. The molecule has 0 aliphatic carbocycles. The lowest BCUT2D eigenvalue weighted by atomic mass is 10.1. The van der Waals surface area contributed by atoms with Gasteiger partial charge in [-0.1, -0.05) is 24.3 Å². The molecule has 1 aromatic carbocycles. The first kappa shape index (κ1) is 17.9. The van der Waals surface area contributed by atoms with Crippen molar-refractivity contribution in [1.82, 2.24) is 10.3 Å². The minimum Gasteiger partial charge on any atom is -0.378 e. The third-order valence-corrected chi connectivity index (χ3v) is 4.36. The number of carbonyl (C=O) groups excluding carboxylic acids is 1. The number of nitrogens with zero attached hydrogens (tertiary/aromatic N) is 1. The number of ether oxygens (including phenoxy) is 1. The second-order valence-corrected chi connectivity index (χ2v) is 6.19. The summed E-state index contributed by atoms with van der Waals surface area (Å²) in [6.07, 6.45) is 0.402. The molecule has 2 aromatic rings. The van der Waals surface area contributed by atoms with Crippen LogP contribution in [-0.4, -0.2) is 36.7 Å². The molecule has 1 saturated heterocycles. The Labute approximate surface area is 145 Å². The molecule has 2 heterocycles. The van der Waals surface area contributed by atoms with E-state index in [4.69, 9.17) is 4.74 Å². The van der Waals surface area contributed by atoms with Crippen molar-refractivity contribution in [3.05, 3.63) is 35.2 Å². The minimum atomic E-state index is -0.0336. The number of anilines is 1. The fraction of sp³-hybridized carbons (Fsp3) is 0.375. The molecule has 2 N–H and O–H groups in total. The van der Waals surface area contributed by atoms with Crippen LogP contribution in [0.2, 0.25) is 0 Å². The summed E-state index contributed by atoms with van der Waals surface area (Å²) in [4.78, 5) is 16.6. The molecule has 23 heavy (non-hydrogen) atoms. The summed E-state index contributed by atoms with van der Waals surface area (Å²) in [5.41, 5.74) is 3.17. The summed E-state index contributed by atoms with van der Waals surface area (Å²) in [7, 11) is 0. The molecular formula is C16H20ClN3O2S. The van der Waals surface area contributed by atoms with Gasteiger partial charge in [0.15, 0.2) is 5.13 Å². The van der Waals surface area contributed by atoms with Crippen molar-refractivity contribution in [3.63, 3.8) is 0 Å². The maximum absolute atomic E-state index is 12.1. The number of hydrogen-bond acceptors (Lipinski definition) is 5. The van der Waals surface area contributed by atoms with Gasteiger partial charge in [0.1, 0.15) is 0 Å². The Morgan fingerprint density at radius 1 is 1.48 bits per heavy atom. The van der Waals surface area contributed by atoms with E-state index in [1.807, 2.05) is 23.6 Å². The molecule has 1 unspecified atom stereocenters. The molecule has 0 radical (unpaired) electrons. The van der Waals surface area contributed by atoms with E-state index in [0.717, 1.165) is 17.8 Å². The fourth-order valence-corrected chi connectivity index (χ4v) is 3.19. The molecule has 1 amide bonds. The quantitative estimate of drug-likeness (QED) is 0.887. The molecule has 0 saturated carbocycles. The highest BCUT2D eigenvalue weighted by Crippen LogP contribution is 2.27. The van der Waals surface area contributed by atoms with Gasteiger partial charge in [-0.05, 0) is 12.5 Å². The van der Waals surface area contributed by atoms with Gasteiger partial charge in [0, 0.05) is 30.0 Å². The monoisotopic (exact) mass is 353 g/mol. The van der Waals surface area contributed by atoms with E-state index >= 15 is 0 Å². The van der Waals surface area contributed by atoms with Crippen LogP contribution in [0.25, 0.3) is 11.3 Å². The summed E-state index contributed by atoms with van der Waals surface area (Å²) in [5.74, 6) is -0.0336. The number of aryl methyl sites for hydroxylation is 1. The first-order chi connectivity index (χ1) is 10.7. The molecule has 0 spiro atoms. The average Bonchev–Trinajstić information content (AvgIpc) is 2.97. The van der Waals surface area contributed by atoms with Crippen molar-refractivity contribution >= 4 is 34.8 Å². The van der Waals surface area contributed by atoms with Gasteiger partial charge in [-0.15, -0.1) is 23.7 Å². The van der Waals surface area contributed by atoms with Crippen LogP contribution in [0.15, 0.2) is 29.6 Å². The number of halogens is 1. The first-order valence-electron chi connectivity index (χ1n) is 7.35. The third-order valence-electron chi connectivity index (χ3n) is 3.60. The van der Waals surface area contributed by atoms with Crippen LogP contribution in [0, 0.1) is 6.92 Å². The number of benzene rings is 1. The van der Waals surface area contributed by atoms with Crippen LogP contribution in [0.5, 0.6) is 0 Å². The molecule has 1 aliphatic rings. The largest absolute Gasteiger partial charge is 0.378 e. The molecule has 1 aromatic heterocycles. The Bertz CT molecular complexity index is 656. The van der Waals surface area contributed by atoms with Gasteiger partial charge in [-0.2, -0.15) is 0 Å². The van der Waals surface area contributed by atoms with Crippen LogP contribution in [0.1, 0.15) is 12.0 Å². The van der Waals surface area contributed by atoms with Gasteiger partial charge >= 0.3 is 0 Å². The van der Waals surface area contributed by atoms with Crippen molar-refractivity contribution in [2.75, 3.05) is 25.1 Å². The SMILES string of the molecule is Cc1ccccc1-c1csc(NC(=O)CC2COCCN2)n1.Cl. The van der Waals surface area contributed by atoms with Gasteiger partial charge in [-0.3, -0.25) is 4.79 Å². The predicted octanol–water partition coefficient (Wildman–Crippen LogP) is 2.86. The zero-order valence-electron chi connectivity index (χ0n) is 12.9. The summed E-state index contributed by atoms with van der Waals surface area (Å²) < 4.78 is 5.35. The molecule has 0 bridgehead atoms. The van der Waals surface area contributed by atoms with Crippen molar-refractivity contribution < 1.29 is 9.53 Å². The highest BCUT2D eigenvalue weighted by atomic mass is 35.5. The van der Waals surface area contributed by atoms with Gasteiger partial charge in [0.25, 0.3) is 0 Å². The van der Waals surface area contributed by atoms with Crippen molar-refractivity contribution in [1.29, 1.82) is 0 Å². The van der Waals surface area contributed by atoms with E-state index in [1.165, 1.54) is 16.9 Å². The highest BCUT2D eigenvalue weighted by molar-refractivity contribution is 7.14. The van der Waals surface area contributed by atoms with Gasteiger partial charge < -0.3 is 15.4 Å². The molecule has 5 nitrogen and oxygen atoms in total. The lowest BCUT2D eigenvalue weighted by molar-refractivity contribution is -0.117. The minimum absolute atomic E-state index is 0. The van der Waals surface area contributed by atoms with E-state index in [9.17, 15) is 4.79 Å². The molecule has 1 atom stereocenters. The smallest absolute Gasteiger partial charge is 0.227 e. The summed E-state index contributed by atoms with van der Waals surface area (Å²) in [6.45, 7) is 4.15. The number of morpholine rings is 1. The summed E-state index contributed by atoms with van der Waals surface area (Å²) in [5, 5.41) is 8.75. The zero-order chi connectivity index (χ0) is 15.4. The topological polar surface area (TPSA) is 63.2 Å². The standard InChI is InChI=1S/C16H19N3O2S.ClH/c1-11-4-2-3-5-13(11)14-10-22-16(18-14)19-15(20)8-12-9-21-7-6-17-12;/h2-5,10,12,17H,6-9H2,1H3,(H,18,19,20);1H. The van der Waals surface area contributed by atoms with Crippen molar-refractivity contribution in [3.8, 4) is 11.3 Å². The van der Waals surface area contributed by atoms with Crippen LogP contribution in [0.4, 0.5) is 5.13 Å². The molecule has 7 heteroatoms. The number of thiazole rings is 1. The van der Waals surface area contributed by atoms with Crippen LogP contribution in [0.3, 0.4) is 0 Å². The first-order valence-corrected chi connectivity index (χ1v) is 8.23. The average molecular weight is 354 g/mol. The predicted molar refractivity (Wildman–Crippen MR) is 95.4 cm³/mol.